The summed E-state index contributed by atoms with van der Waals surface area (Å²) in [4.78, 5) is 26.3. The summed E-state index contributed by atoms with van der Waals surface area (Å²) in [7, 11) is 0. The molecule has 0 spiro atoms. The largest absolute Gasteiger partial charge is 0.466 e. The minimum absolute atomic E-state index is 0.00251. The molecule has 22 heavy (non-hydrogen) atoms. The lowest BCUT2D eigenvalue weighted by Crippen LogP contribution is -2.42. The first-order valence-corrected chi connectivity index (χ1v) is 7.76. The molecule has 0 aliphatic carbocycles. The molecule has 0 saturated carbocycles. The molecule has 0 aromatic heterocycles. The number of nitrogens with zero attached hydrogens (tertiary/aromatic N) is 1. The maximum absolute atomic E-state index is 12.4. The summed E-state index contributed by atoms with van der Waals surface area (Å²) < 4.78 is 10.4. The number of carbonyl (C=O) groups excluding carboxylic acids is 2. The van der Waals surface area contributed by atoms with Crippen LogP contribution in [0.25, 0.3) is 0 Å². The van der Waals surface area contributed by atoms with Gasteiger partial charge in [0.05, 0.1) is 25.7 Å². The second-order valence-electron chi connectivity index (χ2n) is 5.34. The number of carbonyl (C=O) groups is 2. The predicted molar refractivity (Wildman–Crippen MR) is 82.3 cm³/mol. The van der Waals surface area contributed by atoms with Gasteiger partial charge in [0.1, 0.15) is 0 Å². The van der Waals surface area contributed by atoms with Gasteiger partial charge in [-0.25, -0.2) is 0 Å². The van der Waals surface area contributed by atoms with Crippen LogP contribution in [-0.4, -0.2) is 49.7 Å². The first kappa shape index (κ1) is 16.5. The van der Waals surface area contributed by atoms with Crippen molar-refractivity contribution in [3.05, 3.63) is 35.9 Å². The Labute approximate surface area is 131 Å². The molecule has 1 aliphatic heterocycles. The summed E-state index contributed by atoms with van der Waals surface area (Å²) in [5, 5.41) is 0. The van der Waals surface area contributed by atoms with E-state index in [-0.39, 0.29) is 18.3 Å². The number of hydrogen-bond donors (Lipinski definition) is 0. The Morgan fingerprint density at radius 1 is 1.23 bits per heavy atom. The fraction of sp³-hybridized carbons (Fsp3) is 0.529. The lowest BCUT2D eigenvalue weighted by atomic mass is 9.95. The molecule has 1 unspecified atom stereocenters. The number of amides is 1. The van der Waals surface area contributed by atoms with Crippen molar-refractivity contribution in [1.29, 1.82) is 0 Å². The Kier molecular flexibility index (Phi) is 6.40. The molecular weight excluding hydrogens is 282 g/mol. The Hall–Kier alpha value is -1.88. The van der Waals surface area contributed by atoms with E-state index in [1.165, 1.54) is 0 Å². The fourth-order valence-electron chi connectivity index (χ4n) is 2.55. The molecule has 0 radical (unpaired) electrons. The predicted octanol–water partition coefficient (Wildman–Crippen LogP) is 1.66. The van der Waals surface area contributed by atoms with Crippen LogP contribution in [0.15, 0.2) is 30.3 Å². The van der Waals surface area contributed by atoms with Crippen LogP contribution in [-0.2, 0) is 25.5 Å². The molecule has 5 nitrogen and oxygen atoms in total. The molecule has 120 valence electrons. The van der Waals surface area contributed by atoms with Crippen LogP contribution in [0.1, 0.15) is 18.9 Å². The molecule has 1 heterocycles. The van der Waals surface area contributed by atoms with Crippen LogP contribution in [0.3, 0.4) is 0 Å². The van der Waals surface area contributed by atoms with Gasteiger partial charge in [0.25, 0.3) is 0 Å². The third-order valence-electron chi connectivity index (χ3n) is 3.73. The van der Waals surface area contributed by atoms with Crippen molar-refractivity contribution < 1.29 is 19.1 Å². The lowest BCUT2D eigenvalue weighted by Gasteiger charge is -2.28. The molecule has 1 aromatic carbocycles. The number of benzene rings is 1. The molecule has 1 fully saturated rings. The van der Waals surface area contributed by atoms with Gasteiger partial charge in [0.15, 0.2) is 0 Å². The minimum atomic E-state index is -0.433. The first-order valence-electron chi connectivity index (χ1n) is 7.76. The van der Waals surface area contributed by atoms with Crippen molar-refractivity contribution in [1.82, 2.24) is 4.90 Å². The average Bonchev–Trinajstić information content (AvgIpc) is 2.56. The van der Waals surface area contributed by atoms with Crippen molar-refractivity contribution in [2.24, 2.45) is 5.92 Å². The van der Waals surface area contributed by atoms with Gasteiger partial charge in [-0.05, 0) is 18.9 Å². The van der Waals surface area contributed by atoms with E-state index in [0.29, 0.717) is 39.3 Å². The van der Waals surface area contributed by atoms with E-state index >= 15 is 0 Å². The number of rotatable bonds is 6. The molecule has 0 bridgehead atoms. The van der Waals surface area contributed by atoms with Crippen molar-refractivity contribution in [2.45, 2.75) is 19.8 Å². The molecule has 0 N–H and O–H groups in total. The minimum Gasteiger partial charge on any atom is -0.466 e. The van der Waals surface area contributed by atoms with E-state index in [1.807, 2.05) is 30.3 Å². The van der Waals surface area contributed by atoms with Crippen molar-refractivity contribution in [3.63, 3.8) is 0 Å². The average molecular weight is 305 g/mol. The molecule has 1 amide bonds. The van der Waals surface area contributed by atoms with Gasteiger partial charge in [-0.3, -0.25) is 9.59 Å². The van der Waals surface area contributed by atoms with E-state index in [9.17, 15) is 9.59 Å². The number of morpholine rings is 1. The zero-order chi connectivity index (χ0) is 15.8. The van der Waals surface area contributed by atoms with Crippen LogP contribution in [0.5, 0.6) is 0 Å². The normalized spacial score (nSPS) is 16.1. The lowest BCUT2D eigenvalue weighted by molar-refractivity contribution is -0.151. The van der Waals surface area contributed by atoms with Gasteiger partial charge in [0, 0.05) is 19.5 Å². The van der Waals surface area contributed by atoms with E-state index in [4.69, 9.17) is 9.47 Å². The molecule has 1 aromatic rings. The van der Waals surface area contributed by atoms with Crippen LogP contribution < -0.4 is 0 Å². The van der Waals surface area contributed by atoms with Crippen molar-refractivity contribution >= 4 is 11.9 Å². The molecular formula is C17H23NO4. The van der Waals surface area contributed by atoms with Gasteiger partial charge in [-0.2, -0.15) is 0 Å². The summed E-state index contributed by atoms with van der Waals surface area (Å²) in [6.07, 6.45) is 0.712. The summed E-state index contributed by atoms with van der Waals surface area (Å²) in [5.74, 6) is -0.733. The summed E-state index contributed by atoms with van der Waals surface area (Å²) in [5.41, 5.74) is 1.04. The highest BCUT2D eigenvalue weighted by Gasteiger charge is 2.27. The Morgan fingerprint density at radius 2 is 1.91 bits per heavy atom. The standard InChI is InChI=1S/C17H23NO4/c1-2-22-17(20)15(12-14-6-4-3-5-7-14)13-16(19)18-8-10-21-11-9-18/h3-7,15H,2,8-13H2,1H3. The van der Waals surface area contributed by atoms with Crippen LogP contribution >= 0.6 is 0 Å². The second-order valence-corrected chi connectivity index (χ2v) is 5.34. The molecule has 1 saturated heterocycles. The van der Waals surface area contributed by atoms with E-state index in [2.05, 4.69) is 0 Å². The summed E-state index contributed by atoms with van der Waals surface area (Å²) in [6, 6.07) is 9.72. The summed E-state index contributed by atoms with van der Waals surface area (Å²) >= 11 is 0. The monoisotopic (exact) mass is 305 g/mol. The highest BCUT2D eigenvalue weighted by molar-refractivity contribution is 5.83. The Morgan fingerprint density at radius 3 is 2.55 bits per heavy atom. The topological polar surface area (TPSA) is 55.8 Å². The number of hydrogen-bond acceptors (Lipinski definition) is 4. The third-order valence-corrected chi connectivity index (χ3v) is 3.73. The van der Waals surface area contributed by atoms with Gasteiger partial charge in [-0.1, -0.05) is 30.3 Å². The SMILES string of the molecule is CCOC(=O)C(CC(=O)N1CCOCC1)Cc1ccccc1. The quantitative estimate of drug-likeness (QED) is 0.750. The van der Waals surface area contributed by atoms with Gasteiger partial charge < -0.3 is 14.4 Å². The second kappa shape index (κ2) is 8.54. The van der Waals surface area contributed by atoms with Crippen molar-refractivity contribution in [3.8, 4) is 0 Å². The van der Waals surface area contributed by atoms with Gasteiger partial charge in [0.2, 0.25) is 5.91 Å². The molecule has 2 rings (SSSR count). The van der Waals surface area contributed by atoms with Crippen LogP contribution in [0.4, 0.5) is 0 Å². The van der Waals surface area contributed by atoms with E-state index in [1.54, 1.807) is 11.8 Å². The number of ether oxygens (including phenoxy) is 2. The third kappa shape index (κ3) is 4.84. The zero-order valence-electron chi connectivity index (χ0n) is 13.0. The van der Waals surface area contributed by atoms with Crippen LogP contribution in [0.2, 0.25) is 0 Å². The maximum atomic E-state index is 12.4. The fourth-order valence-corrected chi connectivity index (χ4v) is 2.55. The van der Waals surface area contributed by atoms with E-state index in [0.717, 1.165) is 5.56 Å². The van der Waals surface area contributed by atoms with Crippen LogP contribution in [0, 0.1) is 5.92 Å². The summed E-state index contributed by atoms with van der Waals surface area (Å²) in [6.45, 7) is 4.43. The first-order chi connectivity index (χ1) is 10.7. The Bertz CT molecular complexity index is 483. The highest BCUT2D eigenvalue weighted by Crippen LogP contribution is 2.16. The van der Waals surface area contributed by atoms with Gasteiger partial charge in [-0.15, -0.1) is 0 Å². The highest BCUT2D eigenvalue weighted by atomic mass is 16.5. The smallest absolute Gasteiger partial charge is 0.309 e. The molecule has 1 aliphatic rings. The van der Waals surface area contributed by atoms with Gasteiger partial charge >= 0.3 is 5.97 Å². The number of esters is 1. The molecule has 5 heteroatoms. The maximum Gasteiger partial charge on any atom is 0.309 e. The zero-order valence-corrected chi connectivity index (χ0v) is 13.0. The Balaban J connectivity index is 2.00. The van der Waals surface area contributed by atoms with Crippen molar-refractivity contribution in [2.75, 3.05) is 32.9 Å². The van der Waals surface area contributed by atoms with E-state index < -0.39 is 5.92 Å². The molecule has 1 atom stereocenters.